The quantitative estimate of drug-likeness (QED) is 0.743. The lowest BCUT2D eigenvalue weighted by atomic mass is 9.89. The van der Waals surface area contributed by atoms with Crippen LogP contribution in [0, 0.1) is 11.8 Å². The van der Waals surface area contributed by atoms with E-state index in [0.717, 1.165) is 24.1 Å². The van der Waals surface area contributed by atoms with E-state index in [1.54, 1.807) is 18.3 Å². The Bertz CT molecular complexity index is 388. The van der Waals surface area contributed by atoms with Crippen LogP contribution in [-0.2, 0) is 0 Å². The number of ketones is 1. The van der Waals surface area contributed by atoms with Crippen LogP contribution in [0.5, 0.6) is 0 Å². The molecule has 0 N–H and O–H groups in total. The van der Waals surface area contributed by atoms with E-state index < -0.39 is 0 Å². The number of Topliss-reactive ketones (excluding diaryl/α,β-unsaturated/α-hetero) is 1. The molecular formula is C12H18N2OS. The maximum absolute atomic E-state index is 11.2. The van der Waals surface area contributed by atoms with Crippen molar-refractivity contribution in [1.82, 2.24) is 4.98 Å². The fourth-order valence-electron chi connectivity index (χ4n) is 2.01. The number of rotatable bonds is 2. The van der Waals surface area contributed by atoms with Gasteiger partial charge in [-0.3, -0.25) is 4.79 Å². The summed E-state index contributed by atoms with van der Waals surface area (Å²) in [4.78, 5) is 17.9. The van der Waals surface area contributed by atoms with Gasteiger partial charge in [-0.2, -0.15) is 0 Å². The number of nitrogens with zero attached hydrogens (tertiary/aromatic N) is 2. The van der Waals surface area contributed by atoms with Gasteiger partial charge in [-0.15, -0.1) is 11.3 Å². The molecule has 0 amide bonds. The van der Waals surface area contributed by atoms with Gasteiger partial charge in [0.25, 0.3) is 0 Å². The third-order valence-electron chi connectivity index (χ3n) is 3.46. The van der Waals surface area contributed by atoms with Gasteiger partial charge in [0.15, 0.2) is 10.9 Å². The molecule has 2 rings (SSSR count). The molecule has 1 aromatic heterocycles. The van der Waals surface area contributed by atoms with Gasteiger partial charge in [0, 0.05) is 25.4 Å². The summed E-state index contributed by atoms with van der Waals surface area (Å²) >= 11 is 1.58. The summed E-state index contributed by atoms with van der Waals surface area (Å²) < 4.78 is 0. The number of piperidine rings is 1. The number of carbonyl (C=O) groups excluding carboxylic acids is 1. The van der Waals surface area contributed by atoms with Crippen molar-refractivity contribution in [2.45, 2.75) is 27.2 Å². The van der Waals surface area contributed by atoms with E-state index in [2.05, 4.69) is 23.7 Å². The summed E-state index contributed by atoms with van der Waals surface area (Å²) in [5.74, 6) is 1.56. The zero-order valence-electron chi connectivity index (χ0n) is 10.1. The van der Waals surface area contributed by atoms with Crippen LogP contribution in [0.1, 0.15) is 37.7 Å². The molecule has 1 saturated heterocycles. The van der Waals surface area contributed by atoms with Gasteiger partial charge in [-0.1, -0.05) is 13.8 Å². The second kappa shape index (κ2) is 4.53. The number of hydrogen-bond acceptors (Lipinski definition) is 4. The molecule has 16 heavy (non-hydrogen) atoms. The Morgan fingerprint density at radius 1 is 1.50 bits per heavy atom. The third kappa shape index (κ3) is 2.26. The van der Waals surface area contributed by atoms with Gasteiger partial charge in [-0.05, 0) is 18.3 Å². The minimum atomic E-state index is 0.0564. The average molecular weight is 238 g/mol. The maximum Gasteiger partial charge on any atom is 0.185 e. The van der Waals surface area contributed by atoms with Crippen molar-refractivity contribution in [3.63, 3.8) is 0 Å². The molecule has 2 heterocycles. The summed E-state index contributed by atoms with van der Waals surface area (Å²) in [6.07, 6.45) is 1.22. The van der Waals surface area contributed by atoms with Crippen LogP contribution in [0.2, 0.25) is 0 Å². The predicted molar refractivity (Wildman–Crippen MR) is 67.3 cm³/mol. The van der Waals surface area contributed by atoms with Gasteiger partial charge in [0.1, 0.15) is 5.69 Å². The topological polar surface area (TPSA) is 33.2 Å². The van der Waals surface area contributed by atoms with Gasteiger partial charge >= 0.3 is 0 Å². The van der Waals surface area contributed by atoms with Crippen molar-refractivity contribution in [2.75, 3.05) is 18.0 Å². The Hall–Kier alpha value is -0.900. The number of thiazole rings is 1. The minimum Gasteiger partial charge on any atom is -0.348 e. The molecule has 88 valence electrons. The molecular weight excluding hydrogens is 220 g/mol. The van der Waals surface area contributed by atoms with Crippen molar-refractivity contribution in [3.05, 3.63) is 11.1 Å². The smallest absolute Gasteiger partial charge is 0.185 e. The molecule has 2 atom stereocenters. The van der Waals surface area contributed by atoms with E-state index in [4.69, 9.17) is 0 Å². The Balaban J connectivity index is 2.09. The molecule has 0 spiro atoms. The van der Waals surface area contributed by atoms with Crippen LogP contribution in [0.3, 0.4) is 0 Å². The monoisotopic (exact) mass is 238 g/mol. The van der Waals surface area contributed by atoms with E-state index in [0.29, 0.717) is 11.6 Å². The molecule has 4 heteroatoms. The summed E-state index contributed by atoms with van der Waals surface area (Å²) in [5, 5.41) is 2.87. The minimum absolute atomic E-state index is 0.0564. The van der Waals surface area contributed by atoms with Gasteiger partial charge in [0.05, 0.1) is 0 Å². The highest BCUT2D eigenvalue weighted by molar-refractivity contribution is 7.13. The molecule has 0 bridgehead atoms. The Morgan fingerprint density at radius 2 is 2.25 bits per heavy atom. The second-order valence-corrected chi connectivity index (χ2v) is 5.60. The highest BCUT2D eigenvalue weighted by Crippen LogP contribution is 2.29. The molecule has 0 radical (unpaired) electrons. The number of carbonyl (C=O) groups is 1. The lowest BCUT2D eigenvalue weighted by Gasteiger charge is -2.35. The third-order valence-corrected chi connectivity index (χ3v) is 4.36. The zero-order valence-corrected chi connectivity index (χ0v) is 10.9. The summed E-state index contributed by atoms with van der Waals surface area (Å²) in [6, 6.07) is 0. The highest BCUT2D eigenvalue weighted by Gasteiger charge is 2.24. The van der Waals surface area contributed by atoms with Crippen molar-refractivity contribution < 1.29 is 4.79 Å². The van der Waals surface area contributed by atoms with Crippen LogP contribution in [0.25, 0.3) is 0 Å². The first-order valence-electron chi connectivity index (χ1n) is 5.79. The molecule has 1 aliphatic rings. The molecule has 3 nitrogen and oxygen atoms in total. The molecule has 1 aliphatic heterocycles. The first-order valence-corrected chi connectivity index (χ1v) is 6.67. The van der Waals surface area contributed by atoms with Crippen molar-refractivity contribution >= 4 is 22.3 Å². The molecule has 1 fully saturated rings. The first kappa shape index (κ1) is 11.6. The summed E-state index contributed by atoms with van der Waals surface area (Å²) in [6.45, 7) is 8.29. The average Bonchev–Trinajstić information content (AvgIpc) is 2.71. The van der Waals surface area contributed by atoms with Crippen molar-refractivity contribution in [1.29, 1.82) is 0 Å². The highest BCUT2D eigenvalue weighted by atomic mass is 32.1. The number of aromatic nitrogens is 1. The van der Waals surface area contributed by atoms with Crippen LogP contribution in [0.4, 0.5) is 5.13 Å². The molecule has 1 aromatic rings. The zero-order chi connectivity index (χ0) is 11.7. The molecule has 0 saturated carbocycles. The molecule has 2 unspecified atom stereocenters. The van der Waals surface area contributed by atoms with E-state index in [9.17, 15) is 4.79 Å². The number of hydrogen-bond donors (Lipinski definition) is 0. The second-order valence-electron chi connectivity index (χ2n) is 4.76. The van der Waals surface area contributed by atoms with E-state index in [1.165, 1.54) is 6.42 Å². The summed E-state index contributed by atoms with van der Waals surface area (Å²) in [7, 11) is 0. The Kier molecular flexibility index (Phi) is 3.28. The lowest BCUT2D eigenvalue weighted by Crippen LogP contribution is -2.38. The van der Waals surface area contributed by atoms with Crippen LogP contribution in [-0.4, -0.2) is 23.9 Å². The van der Waals surface area contributed by atoms with Gasteiger partial charge in [-0.25, -0.2) is 4.98 Å². The van der Waals surface area contributed by atoms with Gasteiger partial charge in [0.2, 0.25) is 0 Å². The van der Waals surface area contributed by atoms with Crippen molar-refractivity contribution in [2.24, 2.45) is 11.8 Å². The van der Waals surface area contributed by atoms with Crippen LogP contribution < -0.4 is 4.90 Å². The number of anilines is 1. The summed E-state index contributed by atoms with van der Waals surface area (Å²) in [5.41, 5.74) is 0.603. The van der Waals surface area contributed by atoms with E-state index in [-0.39, 0.29) is 5.78 Å². The van der Waals surface area contributed by atoms with E-state index in [1.807, 2.05) is 5.38 Å². The van der Waals surface area contributed by atoms with Crippen LogP contribution >= 0.6 is 11.3 Å². The lowest BCUT2D eigenvalue weighted by molar-refractivity contribution is 0.101. The Morgan fingerprint density at radius 3 is 2.81 bits per heavy atom. The van der Waals surface area contributed by atoms with E-state index >= 15 is 0 Å². The largest absolute Gasteiger partial charge is 0.348 e. The molecule has 0 aromatic carbocycles. The maximum atomic E-state index is 11.2. The standard InChI is InChI=1S/C12H18N2OS/c1-8-4-5-14(6-9(8)2)12-13-11(7-16-12)10(3)15/h7-9H,4-6H2,1-3H3. The normalized spacial score (nSPS) is 25.8. The van der Waals surface area contributed by atoms with Crippen molar-refractivity contribution in [3.8, 4) is 0 Å². The van der Waals surface area contributed by atoms with Gasteiger partial charge < -0.3 is 4.90 Å². The fourth-order valence-corrected chi connectivity index (χ4v) is 2.91. The predicted octanol–water partition coefficient (Wildman–Crippen LogP) is 2.83. The Labute approximate surface area is 100 Å². The SMILES string of the molecule is CC(=O)c1csc(N2CCC(C)C(C)C2)n1. The molecule has 0 aliphatic carbocycles. The first-order chi connectivity index (χ1) is 7.58. The van der Waals surface area contributed by atoms with Crippen LogP contribution in [0.15, 0.2) is 5.38 Å². The fraction of sp³-hybridized carbons (Fsp3) is 0.667.